The van der Waals surface area contributed by atoms with E-state index in [0.717, 1.165) is 19.3 Å². The van der Waals surface area contributed by atoms with Crippen molar-refractivity contribution in [2.24, 2.45) is 17.6 Å². The van der Waals surface area contributed by atoms with Crippen molar-refractivity contribution in [3.05, 3.63) is 23.8 Å². The number of hydrogen-bond acceptors (Lipinski definition) is 11. The first-order valence-electron chi connectivity index (χ1n) is 14.3. The van der Waals surface area contributed by atoms with Gasteiger partial charge in [-0.15, -0.1) is 0 Å². The summed E-state index contributed by atoms with van der Waals surface area (Å²) in [7, 11) is 1.21. The molecule has 0 radical (unpaired) electrons. The zero-order chi connectivity index (χ0) is 31.0. The Morgan fingerprint density at radius 3 is 1.95 bits per heavy atom. The van der Waals surface area contributed by atoms with Crippen LogP contribution in [0.25, 0.3) is 0 Å². The van der Waals surface area contributed by atoms with E-state index in [9.17, 15) is 19.2 Å². The number of methoxy groups -OCH3 is 1. The Labute approximate surface area is 243 Å². The van der Waals surface area contributed by atoms with E-state index in [0.29, 0.717) is 12.0 Å². The fourth-order valence-electron chi connectivity index (χ4n) is 3.68. The smallest absolute Gasteiger partial charge is 0.468 e. The molecule has 0 aliphatic heterocycles. The monoisotopic (exact) mass is 581 g/mol. The van der Waals surface area contributed by atoms with Crippen molar-refractivity contribution in [1.82, 2.24) is 0 Å². The quantitative estimate of drug-likeness (QED) is 0.136. The van der Waals surface area contributed by atoms with Gasteiger partial charge in [-0.2, -0.15) is 0 Å². The second-order valence-corrected chi connectivity index (χ2v) is 10.6. The van der Waals surface area contributed by atoms with Gasteiger partial charge in [-0.3, -0.25) is 9.59 Å². The number of carbonyl (C=O) groups is 4. The summed E-state index contributed by atoms with van der Waals surface area (Å²) in [5, 5.41) is 0. The van der Waals surface area contributed by atoms with Crippen LogP contribution in [0.3, 0.4) is 0 Å². The number of hydrogen-bond donors (Lipinski definition) is 1. The highest BCUT2D eigenvalue weighted by Gasteiger charge is 2.38. The summed E-state index contributed by atoms with van der Waals surface area (Å²) in [6.45, 7) is 11.7. The molecule has 11 heteroatoms. The fraction of sp³-hybridized carbons (Fsp3) is 0.667. The molecule has 2 N–H and O–H groups in total. The Morgan fingerprint density at radius 2 is 1.44 bits per heavy atom. The lowest BCUT2D eigenvalue weighted by Crippen LogP contribution is -2.53. The van der Waals surface area contributed by atoms with Gasteiger partial charge >= 0.3 is 24.2 Å². The van der Waals surface area contributed by atoms with E-state index in [1.807, 2.05) is 34.6 Å². The van der Waals surface area contributed by atoms with Gasteiger partial charge in [0.05, 0.1) is 20.3 Å². The molecule has 0 saturated heterocycles. The average Bonchev–Trinajstić information content (AvgIpc) is 2.93. The summed E-state index contributed by atoms with van der Waals surface area (Å²) in [4.78, 5) is 49.6. The van der Waals surface area contributed by atoms with E-state index in [1.54, 1.807) is 13.0 Å². The van der Waals surface area contributed by atoms with E-state index in [1.165, 1.54) is 19.2 Å². The third kappa shape index (κ3) is 13.2. The molecule has 0 aromatic heterocycles. The first kappa shape index (κ1) is 35.7. The maximum atomic E-state index is 12.8. The SMILES string of the molecule is CCCCC(=O)O[C@@H](C)CC(N)(Cc1ccc(OC(=O)OCC(C)CC)c(OC(=O)OCC(C)CC)c1)C(=O)OC. The summed E-state index contributed by atoms with van der Waals surface area (Å²) in [5.41, 5.74) is 5.39. The number of ether oxygens (including phenoxy) is 6. The van der Waals surface area contributed by atoms with E-state index in [-0.39, 0.29) is 61.8 Å². The number of esters is 2. The summed E-state index contributed by atoms with van der Waals surface area (Å²) in [6, 6.07) is 4.39. The van der Waals surface area contributed by atoms with Crippen LogP contribution in [0.1, 0.15) is 85.6 Å². The molecular weight excluding hydrogens is 534 g/mol. The van der Waals surface area contributed by atoms with Crippen LogP contribution in [0.4, 0.5) is 9.59 Å². The first-order valence-corrected chi connectivity index (χ1v) is 14.3. The van der Waals surface area contributed by atoms with Crippen LogP contribution in [0.5, 0.6) is 11.5 Å². The topological polar surface area (TPSA) is 150 Å². The minimum absolute atomic E-state index is 0.0229. The van der Waals surface area contributed by atoms with Gasteiger partial charge in [0.1, 0.15) is 11.6 Å². The number of carbonyl (C=O) groups excluding carboxylic acids is 4. The minimum Gasteiger partial charge on any atom is -0.468 e. The Kier molecular flexibility index (Phi) is 15.8. The standard InChI is InChI=1S/C30H47NO10/c1-8-11-12-26(32)39-22(6)16-30(31,27(33)36-7)17-23-13-14-24(40-28(34)37-18-20(4)9-2)25(15-23)41-29(35)38-19-21(5)10-3/h13-15,20-22H,8-12,16-19,31H2,1-7H3/t20?,21?,22-,30?/m0/s1. The molecule has 0 saturated carbocycles. The fourth-order valence-corrected chi connectivity index (χ4v) is 3.68. The van der Waals surface area contributed by atoms with Gasteiger partial charge in [0.2, 0.25) is 0 Å². The maximum absolute atomic E-state index is 12.8. The Hall–Kier alpha value is -3.34. The van der Waals surface area contributed by atoms with E-state index in [4.69, 9.17) is 34.2 Å². The summed E-state index contributed by atoms with van der Waals surface area (Å²) in [5.74, 6) is -1.03. The molecule has 3 unspecified atom stereocenters. The van der Waals surface area contributed by atoms with Gasteiger partial charge in [-0.1, -0.05) is 59.9 Å². The number of benzene rings is 1. The van der Waals surface area contributed by atoms with Gasteiger partial charge in [0, 0.05) is 19.3 Å². The van der Waals surface area contributed by atoms with Gasteiger partial charge in [0.25, 0.3) is 0 Å². The molecule has 0 aliphatic carbocycles. The summed E-state index contributed by atoms with van der Waals surface area (Å²) >= 11 is 0. The van der Waals surface area contributed by atoms with Crippen LogP contribution in [0.15, 0.2) is 18.2 Å². The van der Waals surface area contributed by atoms with Crippen molar-refractivity contribution >= 4 is 24.2 Å². The predicted octanol–water partition coefficient (Wildman–Crippen LogP) is 5.73. The van der Waals surface area contributed by atoms with Gasteiger partial charge in [0.15, 0.2) is 11.5 Å². The highest BCUT2D eigenvalue weighted by molar-refractivity contribution is 5.81. The largest absolute Gasteiger partial charge is 0.513 e. The molecule has 1 aromatic rings. The second kappa shape index (κ2) is 18.2. The first-order chi connectivity index (χ1) is 19.4. The third-order valence-electron chi connectivity index (χ3n) is 6.59. The van der Waals surface area contributed by atoms with Crippen molar-refractivity contribution in [2.45, 2.75) is 98.1 Å². The van der Waals surface area contributed by atoms with Crippen LogP contribution in [0.2, 0.25) is 0 Å². The summed E-state index contributed by atoms with van der Waals surface area (Å²) in [6.07, 6.45) is 0.725. The molecule has 0 amide bonds. The number of nitrogens with two attached hydrogens (primary N) is 1. The van der Waals surface area contributed by atoms with Crippen molar-refractivity contribution in [3.63, 3.8) is 0 Å². The van der Waals surface area contributed by atoms with Crippen molar-refractivity contribution in [1.29, 1.82) is 0 Å². The van der Waals surface area contributed by atoms with Crippen molar-refractivity contribution < 1.29 is 47.6 Å². The molecule has 0 bridgehead atoms. The molecule has 0 fully saturated rings. The zero-order valence-corrected chi connectivity index (χ0v) is 25.5. The molecule has 1 aromatic carbocycles. The van der Waals surface area contributed by atoms with Crippen LogP contribution < -0.4 is 15.2 Å². The van der Waals surface area contributed by atoms with Crippen molar-refractivity contribution in [2.75, 3.05) is 20.3 Å². The van der Waals surface area contributed by atoms with Crippen molar-refractivity contribution in [3.8, 4) is 11.5 Å². The highest BCUT2D eigenvalue weighted by atomic mass is 16.7. The molecule has 1 rings (SSSR count). The molecule has 232 valence electrons. The van der Waals surface area contributed by atoms with Gasteiger partial charge in [-0.05, 0) is 42.9 Å². The Balaban J connectivity index is 3.20. The van der Waals surface area contributed by atoms with Crippen LogP contribution >= 0.6 is 0 Å². The number of rotatable bonds is 17. The molecule has 11 nitrogen and oxygen atoms in total. The van der Waals surface area contributed by atoms with Crippen LogP contribution in [-0.4, -0.2) is 56.2 Å². The maximum Gasteiger partial charge on any atom is 0.513 e. The third-order valence-corrected chi connectivity index (χ3v) is 6.59. The molecule has 0 heterocycles. The molecular formula is C30H47NO10. The molecule has 4 atom stereocenters. The van der Waals surface area contributed by atoms with Crippen LogP contribution in [0, 0.1) is 11.8 Å². The highest BCUT2D eigenvalue weighted by Crippen LogP contribution is 2.32. The predicted molar refractivity (Wildman–Crippen MR) is 152 cm³/mol. The van der Waals surface area contributed by atoms with Gasteiger partial charge in [-0.25, -0.2) is 9.59 Å². The second-order valence-electron chi connectivity index (χ2n) is 10.6. The van der Waals surface area contributed by atoms with E-state index < -0.39 is 29.9 Å². The average molecular weight is 582 g/mol. The zero-order valence-electron chi connectivity index (χ0n) is 25.5. The lowest BCUT2D eigenvalue weighted by atomic mass is 9.86. The van der Waals surface area contributed by atoms with Gasteiger partial charge < -0.3 is 34.2 Å². The lowest BCUT2D eigenvalue weighted by Gasteiger charge is -2.29. The van der Waals surface area contributed by atoms with Crippen LogP contribution in [-0.2, 0) is 35.0 Å². The van der Waals surface area contributed by atoms with E-state index >= 15 is 0 Å². The normalized spacial score (nSPS) is 14.5. The van der Waals surface area contributed by atoms with E-state index in [2.05, 4.69) is 0 Å². The molecule has 0 aliphatic rings. The summed E-state index contributed by atoms with van der Waals surface area (Å²) < 4.78 is 31.4. The number of unbranched alkanes of at least 4 members (excludes halogenated alkanes) is 1. The Bertz CT molecular complexity index is 997. The lowest BCUT2D eigenvalue weighted by molar-refractivity contribution is -0.155. The Morgan fingerprint density at radius 1 is 0.878 bits per heavy atom. The minimum atomic E-state index is -1.58. The molecule has 41 heavy (non-hydrogen) atoms. The molecule has 0 spiro atoms.